The molecule has 0 spiro atoms. The SMILES string of the molecule is C#CCn1nc(Cl)c2c(NCC3CCN([S-](=O)=NC#N)CC3)ccnc21. The van der Waals surface area contributed by atoms with Gasteiger partial charge in [0.25, 0.3) is 0 Å². The van der Waals surface area contributed by atoms with Crippen LogP contribution in [0.15, 0.2) is 16.6 Å². The number of hydrogen-bond donors (Lipinski definition) is 1. The van der Waals surface area contributed by atoms with Crippen LogP contribution in [0.25, 0.3) is 11.0 Å². The van der Waals surface area contributed by atoms with Crippen LogP contribution in [0, 0.1) is 29.7 Å². The summed E-state index contributed by atoms with van der Waals surface area (Å²) in [6.07, 6.45) is 10.4. The van der Waals surface area contributed by atoms with Crippen LogP contribution >= 0.6 is 11.6 Å². The van der Waals surface area contributed by atoms with E-state index in [-0.39, 0.29) is 0 Å². The summed E-state index contributed by atoms with van der Waals surface area (Å²) in [5, 5.41) is 17.3. The topological polar surface area (TPSA) is 99.2 Å². The van der Waals surface area contributed by atoms with Crippen molar-refractivity contribution in [2.24, 2.45) is 10.3 Å². The van der Waals surface area contributed by atoms with Gasteiger partial charge < -0.3 is 13.8 Å². The molecule has 10 heteroatoms. The third-order valence-corrected chi connectivity index (χ3v) is 5.64. The maximum absolute atomic E-state index is 11.7. The summed E-state index contributed by atoms with van der Waals surface area (Å²) in [7, 11) is -1.56. The van der Waals surface area contributed by atoms with E-state index < -0.39 is 10.8 Å². The Bertz CT molecular complexity index is 959. The number of nitrogens with zero attached hydrogens (tertiary/aromatic N) is 6. The van der Waals surface area contributed by atoms with Crippen LogP contribution in [0.3, 0.4) is 0 Å². The van der Waals surface area contributed by atoms with Crippen LogP contribution < -0.4 is 5.32 Å². The number of rotatable bonds is 5. The van der Waals surface area contributed by atoms with E-state index in [0.29, 0.717) is 36.4 Å². The number of pyridine rings is 1. The molecule has 0 aliphatic carbocycles. The van der Waals surface area contributed by atoms with E-state index in [1.54, 1.807) is 21.4 Å². The molecule has 1 fully saturated rings. The number of nitriles is 1. The van der Waals surface area contributed by atoms with Crippen molar-refractivity contribution in [3.05, 3.63) is 17.4 Å². The fourth-order valence-corrected chi connectivity index (χ4v) is 4.00. The molecule has 1 aliphatic heterocycles. The number of anilines is 1. The minimum Gasteiger partial charge on any atom is -0.429 e. The third kappa shape index (κ3) is 3.91. The molecule has 0 radical (unpaired) electrons. The molecule has 1 N–H and O–H groups in total. The Morgan fingerprint density at radius 1 is 1.50 bits per heavy atom. The predicted molar refractivity (Wildman–Crippen MR) is 100 cm³/mol. The first kappa shape index (κ1) is 18.5. The molecule has 1 saturated heterocycles. The number of nitrogens with one attached hydrogen (secondary N) is 1. The molecule has 3 heterocycles. The summed E-state index contributed by atoms with van der Waals surface area (Å²) in [4.78, 5) is 4.33. The Morgan fingerprint density at radius 2 is 2.27 bits per heavy atom. The Labute approximate surface area is 158 Å². The van der Waals surface area contributed by atoms with Crippen molar-refractivity contribution >= 4 is 39.1 Å². The van der Waals surface area contributed by atoms with E-state index in [2.05, 4.69) is 25.7 Å². The average molecular weight is 391 g/mol. The molecule has 1 aliphatic rings. The zero-order valence-electron chi connectivity index (χ0n) is 13.9. The van der Waals surface area contributed by atoms with Gasteiger partial charge >= 0.3 is 0 Å². The zero-order chi connectivity index (χ0) is 18.5. The van der Waals surface area contributed by atoms with E-state index >= 15 is 0 Å². The Kier molecular flexibility index (Phi) is 5.94. The Morgan fingerprint density at radius 3 is 2.96 bits per heavy atom. The van der Waals surface area contributed by atoms with Crippen molar-refractivity contribution < 1.29 is 4.21 Å². The smallest absolute Gasteiger partial charge is 0.181 e. The van der Waals surface area contributed by atoms with Gasteiger partial charge in [-0.05, 0) is 37.9 Å². The van der Waals surface area contributed by atoms with Crippen LogP contribution in [-0.2, 0) is 21.5 Å². The summed E-state index contributed by atoms with van der Waals surface area (Å²) in [5.74, 6) is 2.96. The van der Waals surface area contributed by atoms with Gasteiger partial charge in [-0.3, -0.25) is 4.36 Å². The molecule has 3 rings (SSSR count). The highest BCUT2D eigenvalue weighted by Gasteiger charge is 2.18. The molecule has 2 aromatic heterocycles. The Balaban J connectivity index is 1.66. The standard InChI is InChI=1S/C16H17ClN7OS/c1-2-7-24-16-14(15(17)22-24)13(3-6-19-16)20-10-12-4-8-23(9-5-12)26(25)21-11-18/h1,3,6,12H,4-5,7-10H2,(H,19,20)/q-1. The summed E-state index contributed by atoms with van der Waals surface area (Å²) in [5.41, 5.74) is 1.52. The van der Waals surface area contributed by atoms with Crippen molar-refractivity contribution in [2.45, 2.75) is 19.4 Å². The molecule has 2 aromatic rings. The van der Waals surface area contributed by atoms with Crippen LogP contribution in [0.4, 0.5) is 5.69 Å². The number of terminal acetylenes is 1. The first-order valence-corrected chi connectivity index (χ1v) is 9.53. The van der Waals surface area contributed by atoms with Crippen LogP contribution in [0.1, 0.15) is 12.8 Å². The fourth-order valence-electron chi connectivity index (χ4n) is 3.01. The second-order valence-electron chi connectivity index (χ2n) is 5.89. The highest BCUT2D eigenvalue weighted by molar-refractivity contribution is 7.72. The van der Waals surface area contributed by atoms with E-state index in [4.69, 9.17) is 23.3 Å². The predicted octanol–water partition coefficient (Wildman–Crippen LogP) is 2.39. The quantitative estimate of drug-likeness (QED) is 0.480. The largest absolute Gasteiger partial charge is 0.429 e. The van der Waals surface area contributed by atoms with E-state index in [9.17, 15) is 4.21 Å². The van der Waals surface area contributed by atoms with Gasteiger partial charge in [-0.15, -0.1) is 17.2 Å². The summed E-state index contributed by atoms with van der Waals surface area (Å²) < 4.78 is 18.4. The summed E-state index contributed by atoms with van der Waals surface area (Å²) >= 11 is 6.27. The van der Waals surface area contributed by atoms with Gasteiger partial charge in [0.15, 0.2) is 17.0 Å². The Hall–Kier alpha value is -2.33. The zero-order valence-corrected chi connectivity index (χ0v) is 15.5. The lowest BCUT2D eigenvalue weighted by atomic mass is 9.98. The van der Waals surface area contributed by atoms with Crippen LogP contribution in [-0.4, -0.2) is 38.7 Å². The second kappa shape index (κ2) is 8.37. The van der Waals surface area contributed by atoms with Crippen molar-refractivity contribution in [3.63, 3.8) is 0 Å². The molecule has 0 bridgehead atoms. The molecular formula is C16H17ClN7OS-. The maximum Gasteiger partial charge on any atom is 0.181 e. The second-order valence-corrected chi connectivity index (χ2v) is 7.40. The fraction of sp³-hybridized carbons (Fsp3) is 0.438. The molecule has 136 valence electrons. The van der Waals surface area contributed by atoms with E-state index in [1.165, 1.54) is 0 Å². The molecule has 0 saturated carbocycles. The molecular weight excluding hydrogens is 374 g/mol. The van der Waals surface area contributed by atoms with Gasteiger partial charge in [-0.25, -0.2) is 9.67 Å². The molecule has 0 amide bonds. The molecule has 8 nitrogen and oxygen atoms in total. The number of aromatic nitrogens is 3. The van der Waals surface area contributed by atoms with Gasteiger partial charge in [0, 0.05) is 18.4 Å². The number of halogens is 1. The van der Waals surface area contributed by atoms with Gasteiger partial charge in [0.05, 0.1) is 5.39 Å². The summed E-state index contributed by atoms with van der Waals surface area (Å²) in [6, 6.07) is 1.87. The molecule has 0 atom stereocenters. The lowest BCUT2D eigenvalue weighted by molar-refractivity contribution is 0.293. The minimum atomic E-state index is -1.56. The summed E-state index contributed by atoms with van der Waals surface area (Å²) in [6.45, 7) is 2.36. The molecule has 26 heavy (non-hydrogen) atoms. The van der Waals surface area contributed by atoms with Gasteiger partial charge in [0.2, 0.25) is 0 Å². The van der Waals surface area contributed by atoms with Gasteiger partial charge in [-0.1, -0.05) is 17.5 Å². The first-order chi connectivity index (χ1) is 12.6. The number of piperidine rings is 1. The van der Waals surface area contributed by atoms with Gasteiger partial charge in [-0.2, -0.15) is 10.4 Å². The lowest BCUT2D eigenvalue weighted by Gasteiger charge is -2.34. The van der Waals surface area contributed by atoms with Crippen LogP contribution in [0.5, 0.6) is 0 Å². The molecule has 0 unspecified atom stereocenters. The van der Waals surface area contributed by atoms with Crippen molar-refractivity contribution in [2.75, 3.05) is 25.0 Å². The lowest BCUT2D eigenvalue weighted by Crippen LogP contribution is -2.34. The van der Waals surface area contributed by atoms with E-state index in [0.717, 1.165) is 30.5 Å². The van der Waals surface area contributed by atoms with E-state index in [1.807, 2.05) is 6.07 Å². The normalized spacial score (nSPS) is 17.0. The maximum atomic E-state index is 11.7. The number of hydrogen-bond acceptors (Lipinski definition) is 7. The average Bonchev–Trinajstić information content (AvgIpc) is 2.97. The third-order valence-electron chi connectivity index (χ3n) is 4.33. The highest BCUT2D eigenvalue weighted by Crippen LogP contribution is 2.29. The van der Waals surface area contributed by atoms with Crippen molar-refractivity contribution in [1.82, 2.24) is 19.1 Å². The molecule has 0 aromatic carbocycles. The highest BCUT2D eigenvalue weighted by atomic mass is 35.5. The van der Waals surface area contributed by atoms with Crippen molar-refractivity contribution in [1.29, 1.82) is 5.26 Å². The van der Waals surface area contributed by atoms with Crippen molar-refractivity contribution in [3.8, 4) is 18.5 Å². The minimum absolute atomic E-state index is 0.309. The monoisotopic (exact) mass is 390 g/mol. The van der Waals surface area contributed by atoms with Gasteiger partial charge in [0.1, 0.15) is 6.54 Å². The number of fused-ring (bicyclic) bond motifs is 1. The van der Waals surface area contributed by atoms with Crippen LogP contribution in [0.2, 0.25) is 5.15 Å². The first-order valence-electron chi connectivity index (χ1n) is 8.09.